The van der Waals surface area contributed by atoms with E-state index >= 15 is 0 Å². The van der Waals surface area contributed by atoms with Crippen LogP contribution in [0.4, 0.5) is 34.1 Å². The van der Waals surface area contributed by atoms with Gasteiger partial charge >= 0.3 is 0 Å². The second kappa shape index (κ2) is 28.1. The molecule has 514 valence electrons. The zero-order valence-electron chi connectivity index (χ0n) is 60.5. The quantitative estimate of drug-likeness (QED) is 0.0944. The highest BCUT2D eigenvalue weighted by atomic mass is 15.2. The molecule has 110 heavy (non-hydrogen) atoms. The Morgan fingerprint density at radius 3 is 1.00 bits per heavy atom. The van der Waals surface area contributed by atoms with Gasteiger partial charge in [0.15, 0.2) is 0 Å². The number of anilines is 6. The summed E-state index contributed by atoms with van der Waals surface area (Å²) in [5, 5.41) is 14.6. The molecule has 0 aliphatic rings. The van der Waals surface area contributed by atoms with Crippen molar-refractivity contribution in [3.05, 3.63) is 437 Å². The molecule has 20 rings (SSSR count). The molecule has 0 amide bonds. The molecule has 2 heteroatoms. The van der Waals surface area contributed by atoms with E-state index in [0.717, 1.165) is 112 Å². The van der Waals surface area contributed by atoms with E-state index in [4.69, 9.17) is 0 Å². The highest BCUT2D eigenvalue weighted by Crippen LogP contribution is 2.52. The topological polar surface area (TPSA) is 6.48 Å². The SMILES string of the molecule is c1ccc(-c2ccc(N(c3cccc(-c4ccc(-c5ccccc5-c5cccc(N(c6cccc(-c7cccc8ccccc78)c6)c6cccc(-c7cc8ccccc8c8ccccc78)c6)c5-c5ccccc5)c5ccccc45)c3)c3cccc(-c4cc5ccccc5c5ccccc45)c3)c(-c3ccccc3)c2)cc1. The largest absolute Gasteiger partial charge is 0.310 e. The Morgan fingerprint density at radius 2 is 0.464 bits per heavy atom. The van der Waals surface area contributed by atoms with Crippen molar-refractivity contribution in [1.29, 1.82) is 0 Å². The van der Waals surface area contributed by atoms with Crippen molar-refractivity contribution < 1.29 is 0 Å². The lowest BCUT2D eigenvalue weighted by Crippen LogP contribution is -2.12. The van der Waals surface area contributed by atoms with Crippen LogP contribution in [0.15, 0.2) is 437 Å². The summed E-state index contributed by atoms with van der Waals surface area (Å²) >= 11 is 0. The van der Waals surface area contributed by atoms with Gasteiger partial charge in [-0.05, 0) is 233 Å². The molecule has 0 saturated carbocycles. The van der Waals surface area contributed by atoms with Crippen LogP contribution in [0, 0.1) is 0 Å². The van der Waals surface area contributed by atoms with Crippen molar-refractivity contribution in [3.63, 3.8) is 0 Å². The number of benzene rings is 20. The average Bonchev–Trinajstić information content (AvgIpc) is 0.755. The van der Waals surface area contributed by atoms with Crippen LogP contribution in [0.1, 0.15) is 0 Å². The molecule has 0 N–H and O–H groups in total. The fourth-order valence-corrected chi connectivity index (χ4v) is 17.2. The molecular formula is C108H72N2. The van der Waals surface area contributed by atoms with Crippen LogP contribution >= 0.6 is 0 Å². The highest BCUT2D eigenvalue weighted by molar-refractivity contribution is 6.16. The summed E-state index contributed by atoms with van der Waals surface area (Å²) in [6.07, 6.45) is 0. The van der Waals surface area contributed by atoms with Gasteiger partial charge < -0.3 is 9.80 Å². The summed E-state index contributed by atoms with van der Waals surface area (Å²) in [6, 6.07) is 161. The fourth-order valence-electron chi connectivity index (χ4n) is 17.2. The zero-order valence-corrected chi connectivity index (χ0v) is 60.5. The van der Waals surface area contributed by atoms with Gasteiger partial charge in [0.2, 0.25) is 0 Å². The van der Waals surface area contributed by atoms with Crippen molar-refractivity contribution >= 4 is 98.8 Å². The molecule has 0 saturated heterocycles. The minimum Gasteiger partial charge on any atom is -0.310 e. The van der Waals surface area contributed by atoms with E-state index in [9.17, 15) is 0 Å². The van der Waals surface area contributed by atoms with Crippen LogP contribution in [-0.2, 0) is 0 Å². The van der Waals surface area contributed by atoms with Crippen LogP contribution in [0.3, 0.4) is 0 Å². The smallest absolute Gasteiger partial charge is 0.0546 e. The van der Waals surface area contributed by atoms with Gasteiger partial charge in [-0.25, -0.2) is 0 Å². The summed E-state index contributed by atoms with van der Waals surface area (Å²) in [6.45, 7) is 0. The molecule has 0 aromatic heterocycles. The molecule has 20 aromatic carbocycles. The van der Waals surface area contributed by atoms with Gasteiger partial charge in [-0.3, -0.25) is 0 Å². The van der Waals surface area contributed by atoms with Gasteiger partial charge in [-0.1, -0.05) is 358 Å². The monoisotopic (exact) mass is 1400 g/mol. The third kappa shape index (κ3) is 11.8. The first-order valence-electron chi connectivity index (χ1n) is 37.9. The van der Waals surface area contributed by atoms with Crippen LogP contribution in [0.2, 0.25) is 0 Å². The standard InChI is InChI=1S/C108H72N2/c1-4-30-73(31-5-1)77-62-65-106(105(70-77)75-32-6-2-7-33-75)109(85-45-26-42-80(68-85)103-71-82-37-11-14-49-90(82)93-51-17-22-57-99(93)103)84-44-25-41-79(67-84)92-63-64-101(96-54-19-16-53-95(92)96)97-55-20-21-56-98(97)102-60-29-61-107(108(102)76-35-8-3-9-36-76)110(86-46-24-40-78(66-86)89-59-28-39-74-34-10-13-48-88(74)89)87-47-27-43-81(69-87)104-72-83-38-12-15-50-91(83)94-52-18-23-58-100(94)104/h1-72H. The Kier molecular flexibility index (Phi) is 16.6. The van der Waals surface area contributed by atoms with E-state index in [2.05, 4.69) is 447 Å². The Balaban J connectivity index is 0.749. The number of nitrogens with zero attached hydrogens (tertiary/aromatic N) is 2. The minimum atomic E-state index is 1.04. The first kappa shape index (κ1) is 65.1. The van der Waals surface area contributed by atoms with Crippen molar-refractivity contribution in [2.24, 2.45) is 0 Å². The maximum atomic E-state index is 2.50. The third-order valence-electron chi connectivity index (χ3n) is 22.2. The summed E-state index contributed by atoms with van der Waals surface area (Å²) in [5.41, 5.74) is 27.0. The summed E-state index contributed by atoms with van der Waals surface area (Å²) in [5.74, 6) is 0. The first-order valence-corrected chi connectivity index (χ1v) is 37.9. The molecule has 0 heterocycles. The van der Waals surface area contributed by atoms with E-state index in [1.54, 1.807) is 0 Å². The Labute approximate surface area is 641 Å². The molecule has 0 aliphatic carbocycles. The molecule has 2 nitrogen and oxygen atoms in total. The molecule has 0 bridgehead atoms. The third-order valence-corrected chi connectivity index (χ3v) is 22.2. The molecule has 0 fully saturated rings. The fraction of sp³-hybridized carbons (Fsp3) is 0. The van der Waals surface area contributed by atoms with Gasteiger partial charge in [0.1, 0.15) is 0 Å². The number of rotatable bonds is 15. The van der Waals surface area contributed by atoms with Crippen molar-refractivity contribution in [1.82, 2.24) is 0 Å². The average molecular weight is 1400 g/mol. The lowest BCUT2D eigenvalue weighted by molar-refractivity contribution is 1.28. The molecular weight excluding hydrogens is 1330 g/mol. The van der Waals surface area contributed by atoms with Gasteiger partial charge in [0.05, 0.1) is 11.4 Å². The van der Waals surface area contributed by atoms with Gasteiger partial charge in [0, 0.05) is 33.9 Å². The van der Waals surface area contributed by atoms with Gasteiger partial charge in [-0.2, -0.15) is 0 Å². The molecule has 0 aliphatic heterocycles. The maximum Gasteiger partial charge on any atom is 0.0546 e. The van der Waals surface area contributed by atoms with Gasteiger partial charge in [0.25, 0.3) is 0 Å². The Morgan fingerprint density at radius 1 is 0.127 bits per heavy atom. The maximum absolute atomic E-state index is 2.50. The van der Waals surface area contributed by atoms with Gasteiger partial charge in [-0.15, -0.1) is 0 Å². The lowest BCUT2D eigenvalue weighted by Gasteiger charge is -2.30. The van der Waals surface area contributed by atoms with Crippen LogP contribution in [-0.4, -0.2) is 0 Å². The Bertz CT molecular complexity index is 6910. The number of hydrogen-bond donors (Lipinski definition) is 0. The zero-order chi connectivity index (χ0) is 72.9. The van der Waals surface area contributed by atoms with Crippen LogP contribution < -0.4 is 9.80 Å². The van der Waals surface area contributed by atoms with Crippen molar-refractivity contribution in [2.45, 2.75) is 0 Å². The predicted molar refractivity (Wildman–Crippen MR) is 470 cm³/mol. The number of fused-ring (bicyclic) bond motifs is 8. The van der Waals surface area contributed by atoms with E-state index in [1.807, 2.05) is 0 Å². The summed E-state index contributed by atoms with van der Waals surface area (Å²) in [4.78, 5) is 4.98. The summed E-state index contributed by atoms with van der Waals surface area (Å²) < 4.78 is 0. The lowest BCUT2D eigenvalue weighted by atomic mass is 9.85. The molecule has 0 radical (unpaired) electrons. The molecule has 20 aromatic rings. The van der Waals surface area contributed by atoms with Crippen LogP contribution in [0.5, 0.6) is 0 Å². The minimum absolute atomic E-state index is 1.04. The van der Waals surface area contributed by atoms with E-state index in [-0.39, 0.29) is 0 Å². The van der Waals surface area contributed by atoms with E-state index < -0.39 is 0 Å². The number of hydrogen-bond acceptors (Lipinski definition) is 2. The first-order chi connectivity index (χ1) is 54.6. The second-order valence-corrected chi connectivity index (χ2v) is 28.6. The second-order valence-electron chi connectivity index (χ2n) is 28.6. The molecule has 0 spiro atoms. The predicted octanol–water partition coefficient (Wildman–Crippen LogP) is 30.5. The van der Waals surface area contributed by atoms with Crippen LogP contribution in [0.25, 0.3) is 165 Å². The van der Waals surface area contributed by atoms with Crippen molar-refractivity contribution in [3.8, 4) is 100 Å². The molecule has 0 unspecified atom stereocenters. The highest BCUT2D eigenvalue weighted by Gasteiger charge is 2.26. The van der Waals surface area contributed by atoms with E-state index in [1.165, 1.54) is 86.9 Å². The summed E-state index contributed by atoms with van der Waals surface area (Å²) in [7, 11) is 0. The normalized spacial score (nSPS) is 11.5. The Hall–Kier alpha value is -14.4. The van der Waals surface area contributed by atoms with Crippen molar-refractivity contribution in [2.75, 3.05) is 9.80 Å². The van der Waals surface area contributed by atoms with E-state index in [0.29, 0.717) is 0 Å². The molecule has 0 atom stereocenters.